The van der Waals surface area contributed by atoms with Crippen molar-refractivity contribution in [3.05, 3.63) is 0 Å². The zero-order valence-corrected chi connectivity index (χ0v) is 16.0. The average Bonchev–Trinajstić information content (AvgIpc) is 3.00. The molecule has 0 radical (unpaired) electrons. The molecule has 1 saturated carbocycles. The fourth-order valence-electron chi connectivity index (χ4n) is 4.54. The number of hydrogen-bond acceptors (Lipinski definition) is 3. The van der Waals surface area contributed by atoms with Crippen molar-refractivity contribution in [3.8, 4) is 0 Å². The Labute approximate surface area is 153 Å². The summed E-state index contributed by atoms with van der Waals surface area (Å²) in [6, 6.07) is 0.595. The van der Waals surface area contributed by atoms with Gasteiger partial charge in [-0.25, -0.2) is 0 Å². The molecule has 2 saturated heterocycles. The fourth-order valence-corrected chi connectivity index (χ4v) is 4.54. The van der Waals surface area contributed by atoms with E-state index in [1.807, 2.05) is 0 Å². The smallest absolute Gasteiger partial charge is 0.227 e. The molecule has 1 amide bonds. The minimum atomic E-state index is -0.296. The largest absolute Gasteiger partial charge is 0.341 e. The highest BCUT2D eigenvalue weighted by atomic mass is 35.5. The Morgan fingerprint density at radius 2 is 1.70 bits per heavy atom. The highest BCUT2D eigenvalue weighted by Gasteiger charge is 2.41. The van der Waals surface area contributed by atoms with Gasteiger partial charge in [-0.05, 0) is 58.5 Å². The summed E-state index contributed by atoms with van der Waals surface area (Å²) >= 11 is 0. The summed E-state index contributed by atoms with van der Waals surface area (Å²) in [5.41, 5.74) is 6.13. The van der Waals surface area contributed by atoms with Crippen molar-refractivity contribution in [2.75, 3.05) is 26.2 Å². The molecular weight excluding hydrogens is 333 g/mol. The molecule has 1 aliphatic carbocycles. The predicted octanol–water partition coefficient (Wildman–Crippen LogP) is 2.82. The van der Waals surface area contributed by atoms with Crippen LogP contribution in [0.4, 0.5) is 0 Å². The van der Waals surface area contributed by atoms with Crippen molar-refractivity contribution in [3.63, 3.8) is 0 Å². The first-order valence-electron chi connectivity index (χ1n) is 8.90. The van der Waals surface area contributed by atoms with Crippen molar-refractivity contribution >= 4 is 30.7 Å². The highest BCUT2D eigenvalue weighted by Crippen LogP contribution is 2.34. The van der Waals surface area contributed by atoms with E-state index in [4.69, 9.17) is 5.73 Å². The van der Waals surface area contributed by atoms with E-state index >= 15 is 0 Å². The van der Waals surface area contributed by atoms with Crippen molar-refractivity contribution in [2.45, 2.75) is 69.9 Å². The number of amides is 1. The van der Waals surface area contributed by atoms with E-state index in [1.54, 1.807) is 0 Å². The molecule has 2 N–H and O–H groups in total. The maximum atomic E-state index is 13.0. The topological polar surface area (TPSA) is 49.6 Å². The normalized spacial score (nSPS) is 35.3. The second-order valence-electron chi connectivity index (χ2n) is 7.63. The lowest BCUT2D eigenvalue weighted by molar-refractivity contribution is -0.141. The molecule has 6 heteroatoms. The first-order valence-corrected chi connectivity index (χ1v) is 8.90. The lowest BCUT2D eigenvalue weighted by Gasteiger charge is -2.43. The van der Waals surface area contributed by atoms with Crippen LogP contribution in [-0.2, 0) is 4.79 Å². The first kappa shape index (κ1) is 21.0. The lowest BCUT2D eigenvalue weighted by Crippen LogP contribution is -2.57. The quantitative estimate of drug-likeness (QED) is 0.818. The summed E-state index contributed by atoms with van der Waals surface area (Å²) in [7, 11) is 0. The third-order valence-corrected chi connectivity index (χ3v) is 5.92. The molecular formula is C17H33Cl2N3O. The van der Waals surface area contributed by atoms with E-state index in [1.165, 1.54) is 38.8 Å². The number of piperidine rings is 1. The maximum Gasteiger partial charge on any atom is 0.227 e. The van der Waals surface area contributed by atoms with E-state index in [0.717, 1.165) is 38.8 Å². The molecule has 0 aromatic heterocycles. The van der Waals surface area contributed by atoms with E-state index in [-0.39, 0.29) is 36.3 Å². The molecule has 136 valence electrons. The minimum absolute atomic E-state index is 0. The van der Waals surface area contributed by atoms with Gasteiger partial charge in [-0.15, -0.1) is 24.8 Å². The Hall–Kier alpha value is -0.0300. The number of carbonyl (C=O) groups is 1. The van der Waals surface area contributed by atoms with Gasteiger partial charge >= 0.3 is 0 Å². The molecule has 2 heterocycles. The third-order valence-electron chi connectivity index (χ3n) is 5.92. The fraction of sp³-hybridized carbons (Fsp3) is 0.941. The summed E-state index contributed by atoms with van der Waals surface area (Å²) in [5.74, 6) is 0.382. The molecule has 23 heavy (non-hydrogen) atoms. The summed E-state index contributed by atoms with van der Waals surface area (Å²) in [4.78, 5) is 17.7. The van der Waals surface area contributed by atoms with Crippen LogP contribution in [0, 0.1) is 5.92 Å². The Morgan fingerprint density at radius 1 is 1.00 bits per heavy atom. The minimum Gasteiger partial charge on any atom is -0.341 e. The third kappa shape index (κ3) is 4.75. The van der Waals surface area contributed by atoms with Gasteiger partial charge in [0.05, 0.1) is 5.92 Å². The molecule has 0 aromatic carbocycles. The van der Waals surface area contributed by atoms with Gasteiger partial charge in [-0.2, -0.15) is 0 Å². The molecule has 0 bridgehead atoms. The van der Waals surface area contributed by atoms with E-state index in [2.05, 4.69) is 16.7 Å². The van der Waals surface area contributed by atoms with Crippen LogP contribution in [0.25, 0.3) is 0 Å². The van der Waals surface area contributed by atoms with Crippen LogP contribution >= 0.6 is 24.8 Å². The number of likely N-dealkylation sites (tertiary alicyclic amines) is 2. The van der Waals surface area contributed by atoms with Gasteiger partial charge in [0, 0.05) is 24.7 Å². The SMILES string of the molecule is CC1(N)CCCCC1C(=O)N1CCCC(N2CCCC2)C1.Cl.Cl. The van der Waals surface area contributed by atoms with Crippen LogP contribution in [0.15, 0.2) is 0 Å². The molecule has 3 unspecified atom stereocenters. The molecule has 3 rings (SSSR count). The molecule has 0 aromatic rings. The van der Waals surface area contributed by atoms with Gasteiger partial charge in [-0.1, -0.05) is 12.8 Å². The Morgan fingerprint density at radius 3 is 2.35 bits per heavy atom. The van der Waals surface area contributed by atoms with Crippen molar-refractivity contribution in [1.29, 1.82) is 0 Å². The maximum absolute atomic E-state index is 13.0. The predicted molar refractivity (Wildman–Crippen MR) is 99.5 cm³/mol. The number of carbonyl (C=O) groups excluding carboxylic acids is 1. The average molecular weight is 366 g/mol. The molecule has 3 aliphatic rings. The Balaban J connectivity index is 0.00000132. The Kier molecular flexibility index (Phi) is 8.12. The summed E-state index contributed by atoms with van der Waals surface area (Å²) in [6.45, 7) is 6.41. The van der Waals surface area contributed by atoms with E-state index in [0.29, 0.717) is 11.9 Å². The van der Waals surface area contributed by atoms with Crippen LogP contribution in [0.5, 0.6) is 0 Å². The Bertz CT molecular complexity index is 386. The second kappa shape index (κ2) is 8.89. The monoisotopic (exact) mass is 365 g/mol. The second-order valence-corrected chi connectivity index (χ2v) is 7.63. The molecule has 2 aliphatic heterocycles. The van der Waals surface area contributed by atoms with E-state index < -0.39 is 0 Å². The van der Waals surface area contributed by atoms with Crippen molar-refractivity contribution in [2.24, 2.45) is 11.7 Å². The van der Waals surface area contributed by atoms with Crippen LogP contribution in [0.1, 0.15) is 58.3 Å². The zero-order chi connectivity index (χ0) is 14.9. The standard InChI is InChI=1S/C17H31N3O.2ClH/c1-17(18)9-3-2-8-15(17)16(21)20-12-6-7-14(13-20)19-10-4-5-11-19;;/h14-15H,2-13,18H2,1H3;2*1H. The number of rotatable bonds is 2. The number of nitrogens with two attached hydrogens (primary N) is 1. The van der Waals surface area contributed by atoms with Crippen molar-refractivity contribution in [1.82, 2.24) is 9.80 Å². The highest BCUT2D eigenvalue weighted by molar-refractivity contribution is 5.85. The molecule has 0 spiro atoms. The molecule has 4 nitrogen and oxygen atoms in total. The first-order chi connectivity index (χ1) is 10.1. The van der Waals surface area contributed by atoms with Gasteiger partial charge in [-0.3, -0.25) is 9.69 Å². The van der Waals surface area contributed by atoms with Gasteiger partial charge in [0.25, 0.3) is 0 Å². The van der Waals surface area contributed by atoms with E-state index in [9.17, 15) is 4.79 Å². The van der Waals surface area contributed by atoms with Crippen LogP contribution < -0.4 is 5.73 Å². The van der Waals surface area contributed by atoms with Gasteiger partial charge < -0.3 is 10.6 Å². The van der Waals surface area contributed by atoms with Crippen LogP contribution in [-0.4, -0.2) is 53.5 Å². The van der Waals surface area contributed by atoms with Crippen LogP contribution in [0.2, 0.25) is 0 Å². The van der Waals surface area contributed by atoms with Gasteiger partial charge in [0.1, 0.15) is 0 Å². The zero-order valence-electron chi connectivity index (χ0n) is 14.3. The number of hydrogen-bond donors (Lipinski definition) is 1. The van der Waals surface area contributed by atoms with Crippen molar-refractivity contribution < 1.29 is 4.79 Å². The number of halogens is 2. The van der Waals surface area contributed by atoms with Gasteiger partial charge in [0.15, 0.2) is 0 Å². The van der Waals surface area contributed by atoms with Gasteiger partial charge in [0.2, 0.25) is 5.91 Å². The molecule has 3 fully saturated rings. The lowest BCUT2D eigenvalue weighted by atomic mass is 9.73. The summed E-state index contributed by atoms with van der Waals surface area (Å²) in [5, 5.41) is 0. The van der Waals surface area contributed by atoms with Crippen LogP contribution in [0.3, 0.4) is 0 Å². The number of nitrogens with zero attached hydrogens (tertiary/aromatic N) is 2. The summed E-state index contributed by atoms with van der Waals surface area (Å²) < 4.78 is 0. The summed E-state index contributed by atoms with van der Waals surface area (Å²) in [6.07, 6.45) is 9.38. The molecule has 3 atom stereocenters.